The minimum absolute atomic E-state index is 0.0209. The maximum atomic E-state index is 4.54. The first kappa shape index (κ1) is 14.7. The van der Waals surface area contributed by atoms with Gasteiger partial charge in [-0.1, -0.05) is 41.5 Å². The van der Waals surface area contributed by atoms with Gasteiger partial charge in [0, 0.05) is 11.6 Å². The Morgan fingerprint density at radius 1 is 0.950 bits per heavy atom. The molecule has 0 spiro atoms. The van der Waals surface area contributed by atoms with Crippen molar-refractivity contribution < 1.29 is 0 Å². The van der Waals surface area contributed by atoms with Crippen LogP contribution < -0.4 is 0 Å². The fraction of sp³-hybridized carbons (Fsp3) is 0.562. The summed E-state index contributed by atoms with van der Waals surface area (Å²) in [6.45, 7) is 15.3. The lowest BCUT2D eigenvalue weighted by Crippen LogP contribution is -2.26. The SMILES string of the molecule is Cc1c(-c2ccn[nH]2)nnc(C(C)(C)C)c1C(C)(C)C. The normalized spacial score (nSPS) is 12.8. The first-order valence-corrected chi connectivity index (χ1v) is 7.00. The third-order valence-electron chi connectivity index (χ3n) is 3.43. The fourth-order valence-corrected chi connectivity index (χ4v) is 2.61. The van der Waals surface area contributed by atoms with Crippen molar-refractivity contribution in [3.63, 3.8) is 0 Å². The van der Waals surface area contributed by atoms with Crippen molar-refractivity contribution >= 4 is 0 Å². The van der Waals surface area contributed by atoms with Crippen LogP contribution in [0.3, 0.4) is 0 Å². The summed E-state index contributed by atoms with van der Waals surface area (Å²) in [7, 11) is 0. The van der Waals surface area contributed by atoms with Crippen LogP contribution in [0.5, 0.6) is 0 Å². The number of hydrogen-bond donors (Lipinski definition) is 1. The molecule has 0 aliphatic heterocycles. The van der Waals surface area contributed by atoms with Crippen LogP contribution >= 0.6 is 0 Å². The van der Waals surface area contributed by atoms with Gasteiger partial charge in [-0.3, -0.25) is 5.10 Å². The summed E-state index contributed by atoms with van der Waals surface area (Å²) >= 11 is 0. The third kappa shape index (κ3) is 2.60. The Bertz CT molecular complexity index is 599. The Hall–Kier alpha value is -1.71. The quantitative estimate of drug-likeness (QED) is 0.859. The van der Waals surface area contributed by atoms with Crippen LogP contribution in [0.4, 0.5) is 0 Å². The molecule has 4 heteroatoms. The number of hydrogen-bond acceptors (Lipinski definition) is 3. The number of H-pyrrole nitrogens is 1. The zero-order chi connectivity index (χ0) is 15.1. The molecule has 2 heterocycles. The second-order valence-corrected chi connectivity index (χ2v) is 7.37. The van der Waals surface area contributed by atoms with Gasteiger partial charge >= 0.3 is 0 Å². The Labute approximate surface area is 121 Å². The van der Waals surface area contributed by atoms with Crippen molar-refractivity contribution in [2.75, 3.05) is 0 Å². The number of rotatable bonds is 1. The van der Waals surface area contributed by atoms with Crippen molar-refractivity contribution in [1.29, 1.82) is 0 Å². The predicted octanol–water partition coefficient (Wildman–Crippen LogP) is 3.77. The van der Waals surface area contributed by atoms with E-state index in [9.17, 15) is 0 Å². The lowest BCUT2D eigenvalue weighted by Gasteiger charge is -2.30. The first-order chi connectivity index (χ1) is 9.12. The van der Waals surface area contributed by atoms with Crippen molar-refractivity contribution in [3.05, 3.63) is 29.1 Å². The van der Waals surface area contributed by atoms with E-state index >= 15 is 0 Å². The van der Waals surface area contributed by atoms with E-state index in [0.29, 0.717) is 0 Å². The highest BCUT2D eigenvalue weighted by molar-refractivity contribution is 5.61. The van der Waals surface area contributed by atoms with Crippen molar-refractivity contribution in [2.45, 2.75) is 59.3 Å². The van der Waals surface area contributed by atoms with Gasteiger partial charge in [-0.05, 0) is 29.5 Å². The molecule has 1 N–H and O–H groups in total. The van der Waals surface area contributed by atoms with Crippen LogP contribution in [0.1, 0.15) is 58.4 Å². The third-order valence-corrected chi connectivity index (χ3v) is 3.43. The van der Waals surface area contributed by atoms with Gasteiger partial charge in [-0.2, -0.15) is 10.2 Å². The molecular formula is C16H24N4. The van der Waals surface area contributed by atoms with E-state index in [4.69, 9.17) is 0 Å². The highest BCUT2D eigenvalue weighted by atomic mass is 15.2. The summed E-state index contributed by atoms with van der Waals surface area (Å²) in [4.78, 5) is 0. The average molecular weight is 272 g/mol. The molecule has 0 saturated heterocycles. The minimum Gasteiger partial charge on any atom is -0.276 e. The highest BCUT2D eigenvalue weighted by Crippen LogP contribution is 2.36. The molecule has 2 aromatic heterocycles. The van der Waals surface area contributed by atoms with E-state index in [1.165, 1.54) is 11.1 Å². The Morgan fingerprint density at radius 3 is 2.05 bits per heavy atom. The van der Waals surface area contributed by atoms with Gasteiger partial charge in [-0.15, -0.1) is 5.10 Å². The monoisotopic (exact) mass is 272 g/mol. The summed E-state index contributed by atoms with van der Waals surface area (Å²) in [5.41, 5.74) is 5.35. The molecule has 0 aliphatic carbocycles. The zero-order valence-electron chi connectivity index (χ0n) is 13.5. The van der Waals surface area contributed by atoms with Crippen molar-refractivity contribution in [2.24, 2.45) is 0 Å². The molecule has 0 saturated carbocycles. The molecule has 0 amide bonds. The van der Waals surface area contributed by atoms with Crippen LogP contribution in [0.15, 0.2) is 12.3 Å². The summed E-state index contributed by atoms with van der Waals surface area (Å²) < 4.78 is 0. The topological polar surface area (TPSA) is 54.5 Å². The number of nitrogens with one attached hydrogen (secondary N) is 1. The lowest BCUT2D eigenvalue weighted by atomic mass is 9.76. The van der Waals surface area contributed by atoms with Gasteiger partial charge in [0.25, 0.3) is 0 Å². The Kier molecular flexibility index (Phi) is 3.44. The molecule has 0 atom stereocenters. The van der Waals surface area contributed by atoms with E-state index in [-0.39, 0.29) is 10.8 Å². The largest absolute Gasteiger partial charge is 0.276 e. The molecule has 4 nitrogen and oxygen atoms in total. The molecule has 20 heavy (non-hydrogen) atoms. The number of aromatic nitrogens is 4. The number of aromatic amines is 1. The summed E-state index contributed by atoms with van der Waals surface area (Å²) in [6, 6.07) is 1.93. The molecule has 0 unspecified atom stereocenters. The van der Waals surface area contributed by atoms with Gasteiger partial charge in [0.1, 0.15) is 5.69 Å². The Balaban J connectivity index is 2.75. The first-order valence-electron chi connectivity index (χ1n) is 7.00. The second kappa shape index (κ2) is 4.69. The molecule has 0 radical (unpaired) electrons. The van der Waals surface area contributed by atoms with Gasteiger partial charge < -0.3 is 0 Å². The minimum atomic E-state index is -0.0209. The van der Waals surface area contributed by atoms with Crippen molar-refractivity contribution in [1.82, 2.24) is 20.4 Å². The van der Waals surface area contributed by atoms with E-state index in [1.807, 2.05) is 6.07 Å². The smallest absolute Gasteiger partial charge is 0.114 e. The van der Waals surface area contributed by atoms with Crippen molar-refractivity contribution in [3.8, 4) is 11.4 Å². The fourth-order valence-electron chi connectivity index (χ4n) is 2.61. The maximum Gasteiger partial charge on any atom is 0.114 e. The molecule has 0 fully saturated rings. The molecule has 2 rings (SSSR count). The molecule has 2 aromatic rings. The van der Waals surface area contributed by atoms with E-state index in [2.05, 4.69) is 68.9 Å². The number of nitrogens with zero attached hydrogens (tertiary/aromatic N) is 3. The Morgan fingerprint density at radius 2 is 1.60 bits per heavy atom. The molecule has 108 valence electrons. The average Bonchev–Trinajstić information content (AvgIpc) is 2.78. The van der Waals surface area contributed by atoms with Crippen LogP contribution in [-0.4, -0.2) is 20.4 Å². The highest BCUT2D eigenvalue weighted by Gasteiger charge is 2.30. The molecular weight excluding hydrogens is 248 g/mol. The molecule has 0 aliphatic rings. The summed E-state index contributed by atoms with van der Waals surface area (Å²) in [5, 5.41) is 16.0. The van der Waals surface area contributed by atoms with Crippen LogP contribution in [-0.2, 0) is 10.8 Å². The zero-order valence-corrected chi connectivity index (χ0v) is 13.5. The van der Waals surface area contributed by atoms with Crippen LogP contribution in [0.25, 0.3) is 11.4 Å². The molecule has 0 bridgehead atoms. The second-order valence-electron chi connectivity index (χ2n) is 7.37. The summed E-state index contributed by atoms with van der Waals surface area (Å²) in [6.07, 6.45) is 1.74. The predicted molar refractivity (Wildman–Crippen MR) is 81.8 cm³/mol. The van der Waals surface area contributed by atoms with Gasteiger partial charge in [-0.25, -0.2) is 0 Å². The van der Waals surface area contributed by atoms with Crippen LogP contribution in [0, 0.1) is 6.92 Å². The van der Waals surface area contributed by atoms with E-state index in [0.717, 1.165) is 17.1 Å². The standard InChI is InChI=1S/C16H24N4/c1-10-12(15(2,3)4)14(16(5,6)7)20-19-13(10)11-8-9-17-18-11/h8-9H,1-7H3,(H,17,18). The summed E-state index contributed by atoms with van der Waals surface area (Å²) in [5.74, 6) is 0. The molecule has 0 aromatic carbocycles. The lowest BCUT2D eigenvalue weighted by molar-refractivity contribution is 0.503. The van der Waals surface area contributed by atoms with Crippen LogP contribution in [0.2, 0.25) is 0 Å². The van der Waals surface area contributed by atoms with E-state index in [1.54, 1.807) is 6.20 Å². The van der Waals surface area contributed by atoms with Gasteiger partial charge in [0.2, 0.25) is 0 Å². The van der Waals surface area contributed by atoms with Gasteiger partial charge in [0.05, 0.1) is 11.4 Å². The maximum absolute atomic E-state index is 4.54. The van der Waals surface area contributed by atoms with Gasteiger partial charge in [0.15, 0.2) is 0 Å². The van der Waals surface area contributed by atoms with E-state index < -0.39 is 0 Å².